The number of rotatable bonds is 5. The lowest BCUT2D eigenvalue weighted by molar-refractivity contribution is -0.117. The van der Waals surface area contributed by atoms with Gasteiger partial charge >= 0.3 is 0 Å². The molecule has 2 rings (SSSR count). The van der Waals surface area contributed by atoms with Crippen LogP contribution in [0.15, 0.2) is 22.5 Å². The van der Waals surface area contributed by atoms with Gasteiger partial charge in [0.05, 0.1) is 17.1 Å². The van der Waals surface area contributed by atoms with Gasteiger partial charge in [0, 0.05) is 10.1 Å². The molecular formula is C14H14ClFN2OS2. The van der Waals surface area contributed by atoms with Crippen molar-refractivity contribution in [2.75, 3.05) is 0 Å². The molecule has 0 fully saturated rings. The average Bonchev–Trinajstić information content (AvgIpc) is 2.72. The minimum atomic E-state index is -0.425. The molecule has 7 heteroatoms. The number of carbonyl (C=O) groups excluding carboxylic acids is 1. The smallest absolute Gasteiger partial charge is 0.222 e. The van der Waals surface area contributed by atoms with E-state index in [2.05, 4.69) is 4.98 Å². The Hall–Kier alpha value is -1.11. The Balaban J connectivity index is 2.13. The number of amides is 1. The number of hydrogen-bond acceptors (Lipinski definition) is 4. The quantitative estimate of drug-likeness (QED) is 0.830. The Labute approximate surface area is 135 Å². The van der Waals surface area contributed by atoms with Crippen LogP contribution in [0.3, 0.4) is 0 Å². The van der Waals surface area contributed by atoms with Gasteiger partial charge in [0.15, 0.2) is 4.34 Å². The second-order valence-electron chi connectivity index (χ2n) is 4.57. The summed E-state index contributed by atoms with van der Waals surface area (Å²) in [4.78, 5) is 16.3. The van der Waals surface area contributed by atoms with E-state index in [4.69, 9.17) is 17.3 Å². The SMILES string of the molecule is Cc1nc(S[C@@H](C)c2ccc(F)c(Cl)c2)sc1CC(N)=O. The molecule has 0 unspecified atom stereocenters. The Kier molecular flexibility index (Phi) is 5.24. The van der Waals surface area contributed by atoms with Crippen molar-refractivity contribution in [2.45, 2.75) is 29.9 Å². The van der Waals surface area contributed by atoms with Crippen LogP contribution in [0.5, 0.6) is 0 Å². The summed E-state index contributed by atoms with van der Waals surface area (Å²) in [6.45, 7) is 3.86. The number of halogens is 2. The van der Waals surface area contributed by atoms with E-state index < -0.39 is 5.82 Å². The van der Waals surface area contributed by atoms with Gasteiger partial charge < -0.3 is 5.73 Å². The molecule has 0 radical (unpaired) electrons. The number of thiazole rings is 1. The highest BCUT2D eigenvalue weighted by Crippen LogP contribution is 2.38. The molecule has 2 aromatic rings. The molecule has 1 amide bonds. The fourth-order valence-electron chi connectivity index (χ4n) is 1.76. The minimum absolute atomic E-state index is 0.0788. The van der Waals surface area contributed by atoms with Crippen LogP contribution in [0.1, 0.15) is 28.3 Å². The van der Waals surface area contributed by atoms with E-state index in [9.17, 15) is 9.18 Å². The van der Waals surface area contributed by atoms with Gasteiger partial charge in [-0.15, -0.1) is 11.3 Å². The highest BCUT2D eigenvalue weighted by Gasteiger charge is 2.15. The molecule has 1 heterocycles. The van der Waals surface area contributed by atoms with Gasteiger partial charge in [-0.1, -0.05) is 29.4 Å². The molecule has 0 aliphatic heterocycles. The van der Waals surface area contributed by atoms with Crippen LogP contribution in [0.2, 0.25) is 5.02 Å². The second kappa shape index (κ2) is 6.77. The van der Waals surface area contributed by atoms with E-state index in [1.807, 2.05) is 13.8 Å². The topological polar surface area (TPSA) is 56.0 Å². The summed E-state index contributed by atoms with van der Waals surface area (Å²) in [5, 5.41) is 0.194. The van der Waals surface area contributed by atoms with Crippen molar-refractivity contribution in [1.82, 2.24) is 4.98 Å². The lowest BCUT2D eigenvalue weighted by Gasteiger charge is -2.10. The predicted octanol–water partition coefficient (Wildman–Crippen LogP) is 4.13. The summed E-state index contributed by atoms with van der Waals surface area (Å²) in [7, 11) is 0. The fraction of sp³-hybridized carbons (Fsp3) is 0.286. The number of hydrogen-bond donors (Lipinski definition) is 1. The first-order valence-electron chi connectivity index (χ1n) is 6.23. The van der Waals surface area contributed by atoms with Crippen LogP contribution in [0, 0.1) is 12.7 Å². The van der Waals surface area contributed by atoms with Crippen molar-refractivity contribution in [3.05, 3.63) is 45.2 Å². The van der Waals surface area contributed by atoms with E-state index in [0.29, 0.717) is 0 Å². The number of primary amides is 1. The largest absolute Gasteiger partial charge is 0.369 e. The first-order valence-corrected chi connectivity index (χ1v) is 8.30. The third-order valence-corrected chi connectivity index (χ3v) is 5.60. The van der Waals surface area contributed by atoms with Gasteiger partial charge in [-0.25, -0.2) is 9.37 Å². The zero-order chi connectivity index (χ0) is 15.6. The molecule has 21 heavy (non-hydrogen) atoms. The van der Waals surface area contributed by atoms with Gasteiger partial charge in [0.2, 0.25) is 5.91 Å². The Bertz CT molecular complexity index is 675. The molecule has 3 nitrogen and oxygen atoms in total. The third kappa shape index (κ3) is 4.18. The first-order chi connectivity index (χ1) is 9.86. The lowest BCUT2D eigenvalue weighted by Crippen LogP contribution is -2.13. The van der Waals surface area contributed by atoms with Gasteiger partial charge in [-0.3, -0.25) is 4.79 Å². The van der Waals surface area contributed by atoms with Crippen molar-refractivity contribution >= 4 is 40.6 Å². The average molecular weight is 345 g/mol. The Morgan fingerprint density at radius 2 is 2.29 bits per heavy atom. The van der Waals surface area contributed by atoms with Gasteiger partial charge in [-0.05, 0) is 31.5 Å². The zero-order valence-corrected chi connectivity index (χ0v) is 13.9. The lowest BCUT2D eigenvalue weighted by atomic mass is 10.2. The molecule has 0 spiro atoms. The molecule has 2 N–H and O–H groups in total. The van der Waals surface area contributed by atoms with E-state index >= 15 is 0 Å². The van der Waals surface area contributed by atoms with Crippen LogP contribution >= 0.6 is 34.7 Å². The number of aryl methyl sites for hydroxylation is 1. The van der Waals surface area contributed by atoms with Gasteiger partial charge in [-0.2, -0.15) is 0 Å². The maximum absolute atomic E-state index is 13.2. The highest BCUT2D eigenvalue weighted by atomic mass is 35.5. The van der Waals surface area contributed by atoms with Crippen molar-refractivity contribution in [3.8, 4) is 0 Å². The maximum atomic E-state index is 13.2. The number of nitrogens with two attached hydrogens (primary N) is 1. The molecular weight excluding hydrogens is 331 g/mol. The number of aromatic nitrogens is 1. The van der Waals surface area contributed by atoms with Crippen LogP contribution in [0.25, 0.3) is 0 Å². The first kappa shape index (κ1) is 16.3. The molecule has 1 aromatic heterocycles. The molecule has 0 bridgehead atoms. The molecule has 1 atom stereocenters. The van der Waals surface area contributed by atoms with E-state index in [-0.39, 0.29) is 22.6 Å². The fourth-order valence-corrected chi connectivity index (χ4v) is 4.45. The van der Waals surface area contributed by atoms with Gasteiger partial charge in [0.25, 0.3) is 0 Å². The Morgan fingerprint density at radius 3 is 2.90 bits per heavy atom. The van der Waals surface area contributed by atoms with Crippen molar-refractivity contribution in [2.24, 2.45) is 5.73 Å². The zero-order valence-electron chi connectivity index (χ0n) is 11.5. The minimum Gasteiger partial charge on any atom is -0.369 e. The summed E-state index contributed by atoms with van der Waals surface area (Å²) in [6.07, 6.45) is 0.209. The number of nitrogens with zero attached hydrogens (tertiary/aromatic N) is 1. The van der Waals surface area contributed by atoms with Gasteiger partial charge in [0.1, 0.15) is 5.82 Å². The summed E-state index contributed by atoms with van der Waals surface area (Å²) < 4.78 is 14.0. The molecule has 1 aromatic carbocycles. The number of thioether (sulfide) groups is 1. The summed E-state index contributed by atoms with van der Waals surface area (Å²) in [5.74, 6) is -0.789. The second-order valence-corrected chi connectivity index (χ2v) is 7.64. The summed E-state index contributed by atoms with van der Waals surface area (Å²) in [6, 6.07) is 4.70. The standard InChI is InChI=1S/C14H14ClFN2OS2/c1-7-12(6-13(17)19)21-14(18-7)20-8(2)9-3-4-11(16)10(15)5-9/h3-5,8H,6H2,1-2H3,(H2,17,19)/t8-/m0/s1. The van der Waals surface area contributed by atoms with Crippen molar-refractivity contribution < 1.29 is 9.18 Å². The number of carbonyl (C=O) groups is 1. The molecule has 112 valence electrons. The van der Waals surface area contributed by atoms with Crippen molar-refractivity contribution in [3.63, 3.8) is 0 Å². The van der Waals surface area contributed by atoms with Crippen molar-refractivity contribution in [1.29, 1.82) is 0 Å². The summed E-state index contributed by atoms with van der Waals surface area (Å²) >= 11 is 8.81. The highest BCUT2D eigenvalue weighted by molar-refractivity contribution is 8.01. The molecule has 0 aliphatic carbocycles. The molecule has 0 aliphatic rings. The third-order valence-electron chi connectivity index (χ3n) is 2.90. The van der Waals surface area contributed by atoms with Crippen LogP contribution in [-0.4, -0.2) is 10.9 Å². The van der Waals surface area contributed by atoms with Crippen LogP contribution in [-0.2, 0) is 11.2 Å². The predicted molar refractivity (Wildman–Crippen MR) is 85.4 cm³/mol. The van der Waals surface area contributed by atoms with Crippen LogP contribution < -0.4 is 5.73 Å². The maximum Gasteiger partial charge on any atom is 0.222 e. The Morgan fingerprint density at radius 1 is 1.57 bits per heavy atom. The monoisotopic (exact) mass is 344 g/mol. The van der Waals surface area contributed by atoms with E-state index in [1.54, 1.807) is 23.9 Å². The number of benzene rings is 1. The van der Waals surface area contributed by atoms with Crippen LogP contribution in [0.4, 0.5) is 4.39 Å². The summed E-state index contributed by atoms with van der Waals surface area (Å²) in [5.41, 5.74) is 6.96. The normalized spacial score (nSPS) is 12.4. The molecule has 0 saturated carbocycles. The van der Waals surface area contributed by atoms with E-state index in [0.717, 1.165) is 20.5 Å². The molecule has 0 saturated heterocycles. The van der Waals surface area contributed by atoms with E-state index in [1.165, 1.54) is 17.4 Å².